The smallest absolute Gasteiger partial charge is 0.318 e. The molecule has 0 unspecified atom stereocenters. The summed E-state index contributed by atoms with van der Waals surface area (Å²) in [5, 5.41) is 0. The van der Waals surface area contributed by atoms with Gasteiger partial charge in [0.15, 0.2) is 0 Å². The second-order valence-corrected chi connectivity index (χ2v) is 5.62. The molecule has 0 aromatic heterocycles. The van der Waals surface area contributed by atoms with Gasteiger partial charge in [0.05, 0.1) is 25.0 Å². The van der Waals surface area contributed by atoms with Crippen LogP contribution >= 0.6 is 0 Å². The largest absolute Gasteiger partial charge is 0.498 e. The first kappa shape index (κ1) is 13.0. The Kier molecular flexibility index (Phi) is 2.46. The lowest BCUT2D eigenvalue weighted by atomic mass is 9.37. The van der Waals surface area contributed by atoms with Crippen LogP contribution in [0, 0.1) is 22.7 Å². The van der Waals surface area contributed by atoms with E-state index in [2.05, 4.69) is 0 Å². The molecule has 0 aromatic rings. The van der Waals surface area contributed by atoms with E-state index in [-0.39, 0.29) is 11.8 Å². The van der Waals surface area contributed by atoms with E-state index in [1.807, 2.05) is 0 Å². The summed E-state index contributed by atoms with van der Waals surface area (Å²) in [4.78, 5) is 24.5. The highest BCUT2D eigenvalue weighted by Gasteiger charge is 2.80. The summed E-state index contributed by atoms with van der Waals surface area (Å²) in [6.07, 6.45) is 2.61. The number of methoxy groups -OCH3 is 2. The Balaban J connectivity index is 2.18. The first-order chi connectivity index (χ1) is 9.42. The van der Waals surface area contributed by atoms with E-state index in [1.165, 1.54) is 26.7 Å². The molecular weight excluding hydrogens is 264 g/mol. The van der Waals surface area contributed by atoms with Crippen molar-refractivity contribution >= 4 is 11.9 Å². The average Bonchev–Trinajstić information content (AvgIpc) is 2.45. The summed E-state index contributed by atoms with van der Waals surface area (Å²) in [6, 6.07) is 0. The van der Waals surface area contributed by atoms with Crippen LogP contribution in [-0.4, -0.2) is 26.2 Å². The molecule has 2 aliphatic heterocycles. The maximum absolute atomic E-state index is 12.2. The van der Waals surface area contributed by atoms with E-state index in [9.17, 15) is 9.59 Å². The quantitative estimate of drug-likeness (QED) is 0.711. The SMILES string of the molecule is COC1=COC(=O)[C@]2(C)[C@H]1[C@@H]1C(OC)=COC(=O)[C@@]12C. The van der Waals surface area contributed by atoms with Crippen molar-refractivity contribution in [3.05, 3.63) is 24.0 Å². The van der Waals surface area contributed by atoms with Crippen molar-refractivity contribution in [2.45, 2.75) is 13.8 Å². The van der Waals surface area contributed by atoms with Crippen molar-refractivity contribution in [2.24, 2.45) is 22.7 Å². The summed E-state index contributed by atoms with van der Waals surface area (Å²) in [5.41, 5.74) is -2.04. The zero-order valence-electron chi connectivity index (χ0n) is 11.8. The highest BCUT2D eigenvalue weighted by molar-refractivity contribution is 5.94. The molecular formula is C14H16O6. The summed E-state index contributed by atoms with van der Waals surface area (Å²) >= 11 is 0. The van der Waals surface area contributed by atoms with Gasteiger partial charge in [0.2, 0.25) is 0 Å². The molecule has 6 heteroatoms. The first-order valence-electron chi connectivity index (χ1n) is 6.33. The number of hydrogen-bond acceptors (Lipinski definition) is 6. The van der Waals surface area contributed by atoms with E-state index >= 15 is 0 Å². The van der Waals surface area contributed by atoms with Gasteiger partial charge in [-0.3, -0.25) is 9.59 Å². The van der Waals surface area contributed by atoms with Gasteiger partial charge in [-0.05, 0) is 13.8 Å². The number of fused-ring (bicyclic) bond motifs is 4. The van der Waals surface area contributed by atoms with Crippen LogP contribution in [-0.2, 0) is 28.5 Å². The van der Waals surface area contributed by atoms with Gasteiger partial charge >= 0.3 is 11.9 Å². The topological polar surface area (TPSA) is 71.1 Å². The van der Waals surface area contributed by atoms with E-state index < -0.39 is 22.8 Å². The Labute approximate surface area is 116 Å². The number of hydrogen-bond donors (Lipinski definition) is 0. The molecule has 0 saturated heterocycles. The number of allylic oxidation sites excluding steroid dienone is 2. The van der Waals surface area contributed by atoms with E-state index in [1.54, 1.807) is 13.8 Å². The van der Waals surface area contributed by atoms with Gasteiger partial charge in [-0.1, -0.05) is 0 Å². The molecule has 0 radical (unpaired) electrons. The number of rotatable bonds is 2. The monoisotopic (exact) mass is 280 g/mol. The third-order valence-electron chi connectivity index (χ3n) is 5.15. The van der Waals surface area contributed by atoms with Gasteiger partial charge in [0, 0.05) is 11.8 Å². The molecule has 0 bridgehead atoms. The molecule has 1 saturated carbocycles. The van der Waals surface area contributed by atoms with Crippen molar-refractivity contribution in [1.82, 2.24) is 0 Å². The molecule has 0 N–H and O–H groups in total. The second kappa shape index (κ2) is 3.77. The highest BCUT2D eigenvalue weighted by atomic mass is 16.6. The Morgan fingerprint density at radius 3 is 1.55 bits per heavy atom. The maximum atomic E-state index is 12.2. The number of cyclic esters (lactones) is 2. The Morgan fingerprint density at radius 2 is 1.25 bits per heavy atom. The van der Waals surface area contributed by atoms with Crippen LogP contribution in [0.25, 0.3) is 0 Å². The lowest BCUT2D eigenvalue weighted by Crippen LogP contribution is -2.72. The lowest BCUT2D eigenvalue weighted by molar-refractivity contribution is -0.234. The highest BCUT2D eigenvalue weighted by Crippen LogP contribution is 2.71. The molecule has 3 aliphatic rings. The molecule has 1 aliphatic carbocycles. The van der Waals surface area contributed by atoms with Crippen molar-refractivity contribution < 1.29 is 28.5 Å². The van der Waals surface area contributed by atoms with E-state index in [0.29, 0.717) is 11.5 Å². The molecule has 4 atom stereocenters. The van der Waals surface area contributed by atoms with Crippen LogP contribution in [0.5, 0.6) is 0 Å². The molecule has 0 amide bonds. The summed E-state index contributed by atoms with van der Waals surface area (Å²) in [7, 11) is 3.02. The van der Waals surface area contributed by atoms with Crippen LogP contribution < -0.4 is 0 Å². The van der Waals surface area contributed by atoms with Crippen molar-refractivity contribution in [3.63, 3.8) is 0 Å². The molecule has 20 heavy (non-hydrogen) atoms. The molecule has 1 fully saturated rings. The normalized spacial score (nSPS) is 42.0. The van der Waals surface area contributed by atoms with Crippen molar-refractivity contribution in [1.29, 1.82) is 0 Å². The first-order valence-corrected chi connectivity index (χ1v) is 6.33. The third kappa shape index (κ3) is 1.11. The minimum atomic E-state index is -1.02. The maximum Gasteiger partial charge on any atom is 0.318 e. The third-order valence-corrected chi connectivity index (χ3v) is 5.15. The molecule has 2 heterocycles. The van der Waals surface area contributed by atoms with Gasteiger partial charge in [0.1, 0.15) is 24.0 Å². The Hall–Kier alpha value is -1.98. The Bertz CT molecular complexity index is 512. The van der Waals surface area contributed by atoms with Gasteiger partial charge < -0.3 is 18.9 Å². The Morgan fingerprint density at radius 1 is 0.900 bits per heavy atom. The molecule has 6 nitrogen and oxygen atoms in total. The molecule has 108 valence electrons. The van der Waals surface area contributed by atoms with Crippen molar-refractivity contribution in [2.75, 3.05) is 14.2 Å². The van der Waals surface area contributed by atoms with Crippen LogP contribution in [0.1, 0.15) is 13.8 Å². The van der Waals surface area contributed by atoms with Gasteiger partial charge in [0.25, 0.3) is 0 Å². The zero-order chi connectivity index (χ0) is 14.7. The average molecular weight is 280 g/mol. The number of esters is 2. The van der Waals surface area contributed by atoms with Gasteiger partial charge in [-0.2, -0.15) is 0 Å². The summed E-state index contributed by atoms with van der Waals surface area (Å²) in [6.45, 7) is 3.42. The predicted molar refractivity (Wildman–Crippen MR) is 65.6 cm³/mol. The summed E-state index contributed by atoms with van der Waals surface area (Å²) in [5.74, 6) is -0.414. The van der Waals surface area contributed by atoms with E-state index in [4.69, 9.17) is 18.9 Å². The van der Waals surface area contributed by atoms with Crippen LogP contribution in [0.3, 0.4) is 0 Å². The van der Waals surface area contributed by atoms with Crippen molar-refractivity contribution in [3.8, 4) is 0 Å². The number of carbonyl (C=O) groups excluding carboxylic acids is 2. The van der Waals surface area contributed by atoms with Crippen LogP contribution in [0.4, 0.5) is 0 Å². The fourth-order valence-corrected chi connectivity index (χ4v) is 3.76. The molecule has 3 rings (SSSR count). The van der Waals surface area contributed by atoms with Gasteiger partial charge in [-0.25, -0.2) is 0 Å². The lowest BCUT2D eigenvalue weighted by Gasteiger charge is -2.64. The zero-order valence-corrected chi connectivity index (χ0v) is 11.8. The van der Waals surface area contributed by atoms with Crippen LogP contribution in [0.15, 0.2) is 24.0 Å². The minimum Gasteiger partial charge on any atom is -0.498 e. The predicted octanol–water partition coefficient (Wildman–Crippen LogP) is 1.33. The second-order valence-electron chi connectivity index (χ2n) is 5.62. The minimum absolute atomic E-state index is 0.294. The summed E-state index contributed by atoms with van der Waals surface area (Å²) < 4.78 is 20.7. The number of ether oxygens (including phenoxy) is 4. The van der Waals surface area contributed by atoms with E-state index in [0.717, 1.165) is 0 Å². The standard InChI is InChI=1S/C14H16O6/c1-13-9(7(17-3)5-19-11(13)15)10-8(18-4)6-20-12(16)14(10,13)2/h5-6,9-10H,1-4H3/t9-,10+,13+,14-. The fraction of sp³-hybridized carbons (Fsp3) is 0.571. The molecule has 0 aromatic carbocycles. The molecule has 0 spiro atoms. The number of carbonyl (C=O) groups is 2. The fourth-order valence-electron chi connectivity index (χ4n) is 3.76. The van der Waals surface area contributed by atoms with Crippen LogP contribution in [0.2, 0.25) is 0 Å². The van der Waals surface area contributed by atoms with Gasteiger partial charge in [-0.15, -0.1) is 0 Å².